The number of carbonyl (C=O) groups is 2. The predicted octanol–water partition coefficient (Wildman–Crippen LogP) is 1.79. The molecule has 1 aromatic heterocycles. The van der Waals surface area contributed by atoms with E-state index >= 15 is 0 Å². The van der Waals surface area contributed by atoms with E-state index in [1.165, 1.54) is 4.90 Å². The van der Waals surface area contributed by atoms with Crippen LogP contribution >= 0.6 is 0 Å². The van der Waals surface area contributed by atoms with Gasteiger partial charge in [-0.15, -0.1) is 0 Å². The Morgan fingerprint density at radius 1 is 1.35 bits per heavy atom. The van der Waals surface area contributed by atoms with E-state index in [2.05, 4.69) is 4.98 Å². The molecule has 2 aliphatic heterocycles. The molecule has 3 heterocycles. The van der Waals surface area contributed by atoms with Crippen molar-refractivity contribution in [2.24, 2.45) is 0 Å². The van der Waals surface area contributed by atoms with Gasteiger partial charge < -0.3 is 4.90 Å². The maximum absolute atomic E-state index is 12.3. The van der Waals surface area contributed by atoms with Crippen molar-refractivity contribution in [3.8, 4) is 0 Å². The van der Waals surface area contributed by atoms with Gasteiger partial charge in [0, 0.05) is 30.4 Å². The summed E-state index contributed by atoms with van der Waals surface area (Å²) in [5, 5.41) is 0. The van der Waals surface area contributed by atoms with Crippen molar-refractivity contribution >= 4 is 11.9 Å². The van der Waals surface area contributed by atoms with Crippen LogP contribution in [0.3, 0.4) is 0 Å². The van der Waals surface area contributed by atoms with Gasteiger partial charge in [-0.05, 0) is 25.0 Å². The first-order valence-electron chi connectivity index (χ1n) is 7.04. The van der Waals surface area contributed by atoms with Gasteiger partial charge in [-0.2, -0.15) is 0 Å². The third-order valence-electron chi connectivity index (χ3n) is 4.19. The zero-order valence-electron chi connectivity index (χ0n) is 11.9. The Balaban J connectivity index is 1.81. The Labute approximate surface area is 118 Å². The van der Waals surface area contributed by atoms with E-state index in [-0.39, 0.29) is 23.4 Å². The van der Waals surface area contributed by atoms with Crippen molar-refractivity contribution in [1.29, 1.82) is 0 Å². The summed E-state index contributed by atoms with van der Waals surface area (Å²) in [5.74, 6) is -0.0449. The zero-order valence-corrected chi connectivity index (χ0v) is 11.9. The van der Waals surface area contributed by atoms with Crippen molar-refractivity contribution in [2.75, 3.05) is 13.1 Å². The molecular weight excluding hydrogens is 254 g/mol. The smallest absolute Gasteiger partial charge is 0.312 e. The lowest BCUT2D eigenvalue weighted by molar-refractivity contribution is -0.128. The van der Waals surface area contributed by atoms with Gasteiger partial charge in [0.15, 0.2) is 0 Å². The molecule has 0 aromatic carbocycles. The number of pyridine rings is 1. The Kier molecular flexibility index (Phi) is 3.00. The number of urea groups is 1. The van der Waals surface area contributed by atoms with Crippen LogP contribution in [-0.2, 0) is 10.2 Å². The van der Waals surface area contributed by atoms with Crippen molar-refractivity contribution in [2.45, 2.75) is 38.1 Å². The summed E-state index contributed by atoms with van der Waals surface area (Å²) in [7, 11) is 0. The van der Waals surface area contributed by atoms with E-state index < -0.39 is 0 Å². The third kappa shape index (κ3) is 1.97. The van der Waals surface area contributed by atoms with Gasteiger partial charge >= 0.3 is 6.03 Å². The number of carbonyl (C=O) groups excluding carboxylic acids is 2. The molecule has 5 nitrogen and oxygen atoms in total. The number of hydrogen-bond donors (Lipinski definition) is 0. The van der Waals surface area contributed by atoms with Gasteiger partial charge in [-0.25, -0.2) is 4.79 Å². The molecule has 0 radical (unpaired) electrons. The Morgan fingerprint density at radius 3 is 2.80 bits per heavy atom. The Hall–Kier alpha value is -1.91. The van der Waals surface area contributed by atoms with E-state index in [1.807, 2.05) is 32.0 Å². The molecule has 106 valence electrons. The molecule has 5 heteroatoms. The van der Waals surface area contributed by atoms with Gasteiger partial charge in [-0.1, -0.05) is 19.9 Å². The molecule has 0 saturated carbocycles. The Bertz CT molecular complexity index is 519. The van der Waals surface area contributed by atoms with E-state index in [9.17, 15) is 9.59 Å². The summed E-state index contributed by atoms with van der Waals surface area (Å²) in [6, 6.07) is 5.37. The number of nitrogens with zero attached hydrogens (tertiary/aromatic N) is 3. The van der Waals surface area contributed by atoms with Crippen LogP contribution in [0.4, 0.5) is 4.79 Å². The number of rotatable bonds is 3. The lowest BCUT2D eigenvalue weighted by atomic mass is 9.88. The third-order valence-corrected chi connectivity index (χ3v) is 4.19. The summed E-state index contributed by atoms with van der Waals surface area (Å²) in [6.45, 7) is 5.11. The minimum atomic E-state index is -0.341. The molecule has 0 bridgehead atoms. The lowest BCUT2D eigenvalue weighted by Gasteiger charge is -2.28. The molecule has 1 atom stereocenters. The molecule has 0 aliphatic carbocycles. The van der Waals surface area contributed by atoms with Crippen LogP contribution in [0.25, 0.3) is 0 Å². The monoisotopic (exact) mass is 273 g/mol. The fraction of sp³-hybridized carbons (Fsp3) is 0.533. The number of imide groups is 1. The normalized spacial score (nSPS) is 22.6. The van der Waals surface area contributed by atoms with E-state index in [1.54, 1.807) is 11.1 Å². The summed E-state index contributed by atoms with van der Waals surface area (Å²) in [4.78, 5) is 32.1. The second-order valence-electron chi connectivity index (χ2n) is 6.16. The molecule has 2 aliphatic rings. The maximum Gasteiger partial charge on any atom is 0.327 e. The molecule has 0 spiro atoms. The number of amides is 3. The van der Waals surface area contributed by atoms with Crippen LogP contribution in [0.5, 0.6) is 0 Å². The molecule has 20 heavy (non-hydrogen) atoms. The molecule has 3 rings (SSSR count). The first-order chi connectivity index (χ1) is 9.50. The topological polar surface area (TPSA) is 53.5 Å². The number of fused-ring (bicyclic) bond motifs is 1. The van der Waals surface area contributed by atoms with Crippen LogP contribution < -0.4 is 0 Å². The average molecular weight is 273 g/mol. The summed E-state index contributed by atoms with van der Waals surface area (Å²) in [6.07, 6.45) is 3.47. The minimum absolute atomic E-state index is 0.0449. The predicted molar refractivity (Wildman–Crippen MR) is 74.1 cm³/mol. The second kappa shape index (κ2) is 4.58. The SMILES string of the molecule is CC(C)(CN1C(=O)[C@@H]2CCCN2C1=O)c1ccccn1. The first-order valence-corrected chi connectivity index (χ1v) is 7.04. The summed E-state index contributed by atoms with van der Waals surface area (Å²) >= 11 is 0. The van der Waals surface area contributed by atoms with E-state index in [0.29, 0.717) is 13.1 Å². The highest BCUT2D eigenvalue weighted by atomic mass is 16.2. The van der Waals surface area contributed by atoms with Crippen LogP contribution in [0.1, 0.15) is 32.4 Å². The van der Waals surface area contributed by atoms with E-state index in [0.717, 1.165) is 18.5 Å². The van der Waals surface area contributed by atoms with Crippen LogP contribution in [0.2, 0.25) is 0 Å². The molecule has 2 fully saturated rings. The van der Waals surface area contributed by atoms with Gasteiger partial charge in [0.05, 0.1) is 0 Å². The van der Waals surface area contributed by atoms with Gasteiger partial charge in [0.25, 0.3) is 5.91 Å². The molecule has 1 aromatic rings. The van der Waals surface area contributed by atoms with Crippen molar-refractivity contribution < 1.29 is 9.59 Å². The number of hydrogen-bond acceptors (Lipinski definition) is 3. The second-order valence-corrected chi connectivity index (χ2v) is 6.16. The van der Waals surface area contributed by atoms with Crippen LogP contribution in [-0.4, -0.2) is 45.9 Å². The van der Waals surface area contributed by atoms with Gasteiger partial charge in [-0.3, -0.25) is 14.7 Å². The average Bonchev–Trinajstić information content (AvgIpc) is 3.00. The molecular formula is C15H19N3O2. The quantitative estimate of drug-likeness (QED) is 0.789. The summed E-state index contributed by atoms with van der Waals surface area (Å²) in [5.41, 5.74) is 0.555. The molecule has 0 unspecified atom stereocenters. The van der Waals surface area contributed by atoms with Gasteiger partial charge in [0.2, 0.25) is 0 Å². The first kappa shape index (κ1) is 13.1. The van der Waals surface area contributed by atoms with Gasteiger partial charge in [0.1, 0.15) is 6.04 Å². The summed E-state index contributed by atoms with van der Waals surface area (Å²) < 4.78 is 0. The molecule has 0 N–H and O–H groups in total. The lowest BCUT2D eigenvalue weighted by Crippen LogP contribution is -2.42. The standard InChI is InChI=1S/C15H19N3O2/c1-15(2,12-7-3-4-8-16-12)10-18-13(19)11-6-5-9-17(11)14(18)20/h3-4,7-8,11H,5-6,9-10H2,1-2H3/t11-/m0/s1. The Morgan fingerprint density at radius 2 is 2.15 bits per heavy atom. The molecule has 3 amide bonds. The fourth-order valence-electron chi connectivity index (χ4n) is 3.07. The highest BCUT2D eigenvalue weighted by molar-refractivity contribution is 6.04. The van der Waals surface area contributed by atoms with E-state index in [4.69, 9.17) is 0 Å². The highest BCUT2D eigenvalue weighted by Gasteiger charge is 2.48. The van der Waals surface area contributed by atoms with Crippen molar-refractivity contribution in [1.82, 2.24) is 14.8 Å². The zero-order chi connectivity index (χ0) is 14.3. The fourth-order valence-corrected chi connectivity index (χ4v) is 3.07. The number of aromatic nitrogens is 1. The molecule has 2 saturated heterocycles. The highest BCUT2D eigenvalue weighted by Crippen LogP contribution is 2.31. The van der Waals surface area contributed by atoms with Crippen molar-refractivity contribution in [3.05, 3.63) is 30.1 Å². The van der Waals surface area contributed by atoms with Crippen LogP contribution in [0.15, 0.2) is 24.4 Å². The minimum Gasteiger partial charge on any atom is -0.312 e. The maximum atomic E-state index is 12.3. The van der Waals surface area contributed by atoms with Crippen molar-refractivity contribution in [3.63, 3.8) is 0 Å². The largest absolute Gasteiger partial charge is 0.327 e. The van der Waals surface area contributed by atoms with Crippen LogP contribution in [0, 0.1) is 0 Å².